The number of nitrogens with zero attached hydrogens (tertiary/aromatic N) is 3. The largest absolute Gasteiger partial charge is 0.456 e. The van der Waals surface area contributed by atoms with Crippen molar-refractivity contribution in [2.24, 2.45) is 0 Å². The first kappa shape index (κ1) is 25.7. The van der Waals surface area contributed by atoms with Crippen molar-refractivity contribution in [2.45, 2.75) is 0 Å². The average Bonchev–Trinajstić information content (AvgIpc) is 3.80. The van der Waals surface area contributed by atoms with Gasteiger partial charge in [0, 0.05) is 61.5 Å². The second kappa shape index (κ2) is 9.68. The van der Waals surface area contributed by atoms with E-state index in [1.807, 2.05) is 73.1 Å². The van der Waals surface area contributed by atoms with Crippen molar-refractivity contribution >= 4 is 65.7 Å². The van der Waals surface area contributed by atoms with Gasteiger partial charge in [-0.15, -0.1) is 0 Å². The molecule has 0 atom stereocenters. The van der Waals surface area contributed by atoms with Crippen LogP contribution in [0.3, 0.4) is 0 Å². The molecule has 10 aromatic rings. The molecule has 0 spiro atoms. The molecule has 0 saturated heterocycles. The van der Waals surface area contributed by atoms with Gasteiger partial charge in [-0.3, -0.25) is 4.98 Å². The third-order valence-corrected chi connectivity index (χ3v) is 9.29. The van der Waals surface area contributed by atoms with Gasteiger partial charge in [0.1, 0.15) is 22.3 Å². The minimum absolute atomic E-state index is 0.651. The van der Waals surface area contributed by atoms with E-state index >= 15 is 0 Å². The lowest BCUT2D eigenvalue weighted by atomic mass is 9.99. The normalized spacial score (nSPS) is 11.8. The van der Waals surface area contributed by atoms with Gasteiger partial charge in [-0.1, -0.05) is 48.5 Å². The zero-order valence-electron chi connectivity index (χ0n) is 24.9. The standard InChI is InChI=1S/C42H23N3O2/c43-22-25-9-13-38-33(17-25)31-5-1-3-7-37(31)45(38)30-12-16-42-36(21-30)35-20-27(11-15-41(35)47-42)29-18-28(23-44-24-29)26-10-14-40-34(19-26)32-6-2-4-8-39(32)46-40/h1-21,23-24H. The van der Waals surface area contributed by atoms with Crippen LogP contribution in [0.1, 0.15) is 5.56 Å². The lowest BCUT2D eigenvalue weighted by Crippen LogP contribution is -1.93. The highest BCUT2D eigenvalue weighted by Gasteiger charge is 2.16. The Balaban J connectivity index is 1.10. The first-order valence-corrected chi connectivity index (χ1v) is 15.5. The molecule has 4 heterocycles. The number of para-hydroxylation sites is 2. The number of aromatic nitrogens is 2. The van der Waals surface area contributed by atoms with E-state index in [2.05, 4.69) is 82.4 Å². The van der Waals surface area contributed by atoms with Gasteiger partial charge in [0.2, 0.25) is 0 Å². The minimum Gasteiger partial charge on any atom is -0.456 e. The van der Waals surface area contributed by atoms with Crippen molar-refractivity contribution in [3.63, 3.8) is 0 Å². The molecule has 0 unspecified atom stereocenters. The first-order valence-electron chi connectivity index (χ1n) is 15.5. The fourth-order valence-corrected chi connectivity index (χ4v) is 7.07. The summed E-state index contributed by atoms with van der Waals surface area (Å²) in [5.41, 5.74) is 11.5. The van der Waals surface area contributed by atoms with E-state index in [0.29, 0.717) is 5.56 Å². The van der Waals surface area contributed by atoms with Crippen LogP contribution in [0.4, 0.5) is 0 Å². The Morgan fingerprint density at radius 1 is 0.468 bits per heavy atom. The van der Waals surface area contributed by atoms with E-state index in [9.17, 15) is 5.26 Å². The highest BCUT2D eigenvalue weighted by molar-refractivity contribution is 6.11. The topological polar surface area (TPSA) is 67.9 Å². The summed E-state index contributed by atoms with van der Waals surface area (Å²) in [6.07, 6.45) is 3.83. The number of pyridine rings is 1. The van der Waals surface area contributed by atoms with Gasteiger partial charge >= 0.3 is 0 Å². The Labute approximate surface area is 268 Å². The molecule has 0 N–H and O–H groups in total. The van der Waals surface area contributed by atoms with Gasteiger partial charge in [-0.2, -0.15) is 5.26 Å². The third kappa shape index (κ3) is 3.86. The molecule has 5 nitrogen and oxygen atoms in total. The highest BCUT2D eigenvalue weighted by atomic mass is 16.3. The summed E-state index contributed by atoms with van der Waals surface area (Å²) in [7, 11) is 0. The highest BCUT2D eigenvalue weighted by Crippen LogP contribution is 2.38. The Kier molecular flexibility index (Phi) is 5.28. The van der Waals surface area contributed by atoms with Crippen molar-refractivity contribution in [2.75, 3.05) is 0 Å². The second-order valence-corrected chi connectivity index (χ2v) is 12.0. The van der Waals surface area contributed by atoms with E-state index in [-0.39, 0.29) is 0 Å². The van der Waals surface area contributed by atoms with Crippen molar-refractivity contribution in [3.05, 3.63) is 145 Å². The number of rotatable bonds is 3. The predicted molar refractivity (Wildman–Crippen MR) is 189 cm³/mol. The molecule has 0 bridgehead atoms. The lowest BCUT2D eigenvalue weighted by molar-refractivity contribution is 0.668. The summed E-state index contributed by atoms with van der Waals surface area (Å²) in [4.78, 5) is 4.65. The summed E-state index contributed by atoms with van der Waals surface area (Å²) < 4.78 is 14.6. The molecule has 0 saturated carbocycles. The van der Waals surface area contributed by atoms with Crippen molar-refractivity contribution in [1.29, 1.82) is 5.26 Å². The molecule has 0 fully saturated rings. The number of hydrogen-bond acceptors (Lipinski definition) is 4. The number of hydrogen-bond donors (Lipinski definition) is 0. The third-order valence-electron chi connectivity index (χ3n) is 9.29. The molecule has 4 aromatic heterocycles. The fraction of sp³-hybridized carbons (Fsp3) is 0. The van der Waals surface area contributed by atoms with Gasteiger partial charge in [0.25, 0.3) is 0 Å². The summed E-state index contributed by atoms with van der Waals surface area (Å²) in [5, 5.41) is 16.0. The zero-order valence-corrected chi connectivity index (χ0v) is 24.9. The molecular weight excluding hydrogens is 578 g/mol. The Morgan fingerprint density at radius 2 is 1.06 bits per heavy atom. The van der Waals surface area contributed by atoms with Crippen LogP contribution in [0.15, 0.2) is 149 Å². The SMILES string of the molecule is N#Cc1ccc2c(c1)c1ccccc1n2-c1ccc2oc3ccc(-c4cncc(-c5ccc6oc7ccccc7c6c5)c4)cc3c2c1. The van der Waals surface area contributed by atoms with E-state index in [1.165, 1.54) is 0 Å². The molecule has 47 heavy (non-hydrogen) atoms. The van der Waals surface area contributed by atoms with Gasteiger partial charge < -0.3 is 13.4 Å². The van der Waals surface area contributed by atoms with Crippen LogP contribution in [0, 0.1) is 11.3 Å². The molecule has 0 amide bonds. The van der Waals surface area contributed by atoms with E-state index in [0.717, 1.165) is 93.6 Å². The Hall–Kier alpha value is -6.64. The summed E-state index contributed by atoms with van der Waals surface area (Å²) in [6, 6.07) is 45.9. The number of furan rings is 2. The smallest absolute Gasteiger partial charge is 0.135 e. The van der Waals surface area contributed by atoms with Crippen LogP contribution in [0.5, 0.6) is 0 Å². The number of benzene rings is 6. The van der Waals surface area contributed by atoms with Gasteiger partial charge in [0.15, 0.2) is 0 Å². The molecule has 0 radical (unpaired) electrons. The average molecular weight is 602 g/mol. The molecule has 218 valence electrons. The van der Waals surface area contributed by atoms with Crippen LogP contribution in [-0.4, -0.2) is 9.55 Å². The zero-order chi connectivity index (χ0) is 31.1. The van der Waals surface area contributed by atoms with Gasteiger partial charge in [-0.05, 0) is 90.0 Å². The summed E-state index contributed by atoms with van der Waals surface area (Å²) in [5.74, 6) is 0. The van der Waals surface area contributed by atoms with Crippen LogP contribution in [-0.2, 0) is 0 Å². The maximum absolute atomic E-state index is 9.56. The maximum Gasteiger partial charge on any atom is 0.135 e. The number of nitriles is 1. The summed E-state index contributed by atoms with van der Waals surface area (Å²) in [6.45, 7) is 0. The predicted octanol–water partition coefficient (Wildman–Crippen LogP) is 11.2. The van der Waals surface area contributed by atoms with Crippen LogP contribution < -0.4 is 0 Å². The molecule has 0 aliphatic heterocycles. The molecule has 0 aliphatic carbocycles. The molecular formula is C42H23N3O2. The first-order chi connectivity index (χ1) is 23.2. The van der Waals surface area contributed by atoms with Gasteiger partial charge in [-0.25, -0.2) is 0 Å². The Morgan fingerprint density at radius 3 is 1.81 bits per heavy atom. The second-order valence-electron chi connectivity index (χ2n) is 12.0. The summed E-state index contributed by atoms with van der Waals surface area (Å²) >= 11 is 0. The molecule has 5 heteroatoms. The van der Waals surface area contributed by atoms with E-state index in [4.69, 9.17) is 8.83 Å². The lowest BCUT2D eigenvalue weighted by Gasteiger charge is -2.08. The van der Waals surface area contributed by atoms with Crippen LogP contribution >= 0.6 is 0 Å². The van der Waals surface area contributed by atoms with E-state index < -0.39 is 0 Å². The number of fused-ring (bicyclic) bond motifs is 9. The quantitative estimate of drug-likeness (QED) is 0.202. The monoisotopic (exact) mass is 601 g/mol. The van der Waals surface area contributed by atoms with Crippen LogP contribution in [0.25, 0.3) is 93.6 Å². The van der Waals surface area contributed by atoms with Crippen LogP contribution in [0.2, 0.25) is 0 Å². The molecule has 0 aliphatic rings. The minimum atomic E-state index is 0.651. The maximum atomic E-state index is 9.56. The van der Waals surface area contributed by atoms with Crippen molar-refractivity contribution in [3.8, 4) is 34.0 Å². The molecule has 10 rings (SSSR count). The van der Waals surface area contributed by atoms with E-state index in [1.54, 1.807) is 0 Å². The molecule has 6 aromatic carbocycles. The fourth-order valence-electron chi connectivity index (χ4n) is 7.07. The van der Waals surface area contributed by atoms with Crippen molar-refractivity contribution < 1.29 is 8.83 Å². The van der Waals surface area contributed by atoms with Crippen molar-refractivity contribution in [1.82, 2.24) is 9.55 Å². The Bertz CT molecular complexity index is 2930. The van der Waals surface area contributed by atoms with Gasteiger partial charge in [0.05, 0.1) is 22.7 Å².